The number of benzene rings is 1. The van der Waals surface area contributed by atoms with Gasteiger partial charge in [-0.15, -0.1) is 0 Å². The fraction of sp³-hybridized carbons (Fsp3) is 0.286. The molecule has 0 spiro atoms. The molecule has 0 unspecified atom stereocenters. The van der Waals surface area contributed by atoms with Crippen molar-refractivity contribution < 1.29 is 9.59 Å². The molecule has 26 heavy (non-hydrogen) atoms. The molecule has 134 valence electrons. The lowest BCUT2D eigenvalue weighted by molar-refractivity contribution is -0.115. The maximum absolute atomic E-state index is 12.7. The summed E-state index contributed by atoms with van der Waals surface area (Å²) in [6, 6.07) is 7.58. The van der Waals surface area contributed by atoms with E-state index in [1.54, 1.807) is 16.9 Å². The first-order chi connectivity index (χ1) is 12.4. The number of aryl methyl sites for hydroxylation is 1. The third-order valence-electron chi connectivity index (χ3n) is 4.82. The molecular formula is C21H23N3O2. The van der Waals surface area contributed by atoms with Gasteiger partial charge in [0.15, 0.2) is 5.78 Å². The molecule has 2 aromatic rings. The number of amides is 1. The van der Waals surface area contributed by atoms with Crippen LogP contribution in [0.3, 0.4) is 0 Å². The average molecular weight is 349 g/mol. The molecule has 0 fully saturated rings. The Morgan fingerprint density at radius 2 is 2.00 bits per heavy atom. The summed E-state index contributed by atoms with van der Waals surface area (Å²) >= 11 is 0. The maximum atomic E-state index is 12.7. The number of rotatable bonds is 4. The van der Waals surface area contributed by atoms with Crippen LogP contribution < -0.4 is 5.32 Å². The molecule has 1 aliphatic carbocycles. The van der Waals surface area contributed by atoms with Gasteiger partial charge in [0, 0.05) is 42.9 Å². The van der Waals surface area contributed by atoms with E-state index in [4.69, 9.17) is 0 Å². The molecule has 0 atom stereocenters. The van der Waals surface area contributed by atoms with Crippen molar-refractivity contribution in [3.63, 3.8) is 0 Å². The highest BCUT2D eigenvalue weighted by molar-refractivity contribution is 6.02. The molecule has 0 saturated carbocycles. The van der Waals surface area contributed by atoms with Gasteiger partial charge in [-0.05, 0) is 44.0 Å². The Bertz CT molecular complexity index is 948. The highest BCUT2D eigenvalue weighted by Crippen LogP contribution is 2.25. The van der Waals surface area contributed by atoms with Gasteiger partial charge in [0.05, 0.1) is 5.69 Å². The third kappa shape index (κ3) is 3.38. The Balaban J connectivity index is 1.82. The normalized spacial score (nSPS) is 14.5. The van der Waals surface area contributed by atoms with Crippen LogP contribution in [-0.2, 0) is 11.8 Å². The van der Waals surface area contributed by atoms with E-state index >= 15 is 0 Å². The summed E-state index contributed by atoms with van der Waals surface area (Å²) in [5.41, 5.74) is 6.10. The first kappa shape index (κ1) is 17.9. The van der Waals surface area contributed by atoms with Crippen molar-refractivity contribution in [1.82, 2.24) is 15.1 Å². The van der Waals surface area contributed by atoms with E-state index < -0.39 is 0 Å². The first-order valence-corrected chi connectivity index (χ1v) is 8.64. The van der Waals surface area contributed by atoms with E-state index in [9.17, 15) is 9.59 Å². The van der Waals surface area contributed by atoms with Gasteiger partial charge in [0.25, 0.3) is 5.91 Å². The molecule has 1 amide bonds. The van der Waals surface area contributed by atoms with Crippen molar-refractivity contribution in [2.75, 3.05) is 6.54 Å². The van der Waals surface area contributed by atoms with E-state index in [0.29, 0.717) is 17.6 Å². The van der Waals surface area contributed by atoms with Gasteiger partial charge in [-0.25, -0.2) is 0 Å². The first-order valence-electron chi connectivity index (χ1n) is 8.64. The zero-order valence-corrected chi connectivity index (χ0v) is 15.6. The van der Waals surface area contributed by atoms with Crippen LogP contribution in [0.2, 0.25) is 0 Å². The molecule has 1 aromatic heterocycles. The molecule has 1 heterocycles. The van der Waals surface area contributed by atoms with Crippen molar-refractivity contribution in [3.8, 4) is 11.3 Å². The Morgan fingerprint density at radius 1 is 1.23 bits per heavy atom. The number of nitrogens with one attached hydrogen (secondary N) is 1. The average Bonchev–Trinajstić information content (AvgIpc) is 2.99. The van der Waals surface area contributed by atoms with Crippen LogP contribution in [0.5, 0.6) is 0 Å². The number of hydrogen-bond acceptors (Lipinski definition) is 3. The summed E-state index contributed by atoms with van der Waals surface area (Å²) in [6.07, 6.45) is 4.18. The lowest BCUT2D eigenvalue weighted by atomic mass is 9.92. The van der Waals surface area contributed by atoms with Crippen LogP contribution >= 0.6 is 0 Å². The van der Waals surface area contributed by atoms with E-state index in [1.165, 1.54) is 0 Å². The second kappa shape index (κ2) is 7.12. The highest BCUT2D eigenvalue weighted by Gasteiger charge is 2.19. The van der Waals surface area contributed by atoms with Crippen molar-refractivity contribution in [3.05, 3.63) is 64.4 Å². The van der Waals surface area contributed by atoms with Crippen molar-refractivity contribution in [2.45, 2.75) is 27.2 Å². The molecule has 5 heteroatoms. The maximum Gasteiger partial charge on any atom is 0.251 e. The number of allylic oxidation sites excluding steroid dienone is 3. The van der Waals surface area contributed by atoms with Gasteiger partial charge in [0.1, 0.15) is 0 Å². The van der Waals surface area contributed by atoms with E-state index in [-0.39, 0.29) is 18.2 Å². The molecule has 1 aliphatic rings. The van der Waals surface area contributed by atoms with Crippen LogP contribution in [0.15, 0.2) is 53.3 Å². The molecule has 0 saturated heterocycles. The number of carbonyl (C=O) groups excluding carboxylic acids is 2. The van der Waals surface area contributed by atoms with Gasteiger partial charge >= 0.3 is 0 Å². The summed E-state index contributed by atoms with van der Waals surface area (Å²) in [5.74, 6) is -0.0888. The van der Waals surface area contributed by atoms with E-state index in [2.05, 4.69) is 10.4 Å². The lowest BCUT2D eigenvalue weighted by Gasteiger charge is -2.17. The second-order valence-electron chi connectivity index (χ2n) is 6.75. The summed E-state index contributed by atoms with van der Waals surface area (Å²) in [6.45, 7) is 6.04. The molecule has 1 aromatic carbocycles. The number of ketones is 1. The Labute approximate surface area is 153 Å². The van der Waals surface area contributed by atoms with E-state index in [0.717, 1.165) is 28.0 Å². The minimum absolute atomic E-state index is 0.0863. The molecule has 3 rings (SSSR count). The lowest BCUT2D eigenvalue weighted by Crippen LogP contribution is -2.29. The zero-order valence-electron chi connectivity index (χ0n) is 15.6. The number of hydrogen-bond donors (Lipinski definition) is 1. The molecule has 1 N–H and O–H groups in total. The van der Waals surface area contributed by atoms with Gasteiger partial charge < -0.3 is 5.32 Å². The number of Topliss-reactive ketones (excluding diaryl/α,β-unsaturated/α-hetero) is 1. The summed E-state index contributed by atoms with van der Waals surface area (Å²) in [5, 5.41) is 7.10. The molecule has 5 nitrogen and oxygen atoms in total. The Morgan fingerprint density at radius 3 is 2.65 bits per heavy atom. The van der Waals surface area contributed by atoms with Crippen molar-refractivity contribution in [1.29, 1.82) is 0 Å². The standard InChI is InChI=1S/C21H23N3O2/c1-13-10-14(2)18(20(25)11-13)12-22-21(26)17-7-5-6-16(15(17)3)19-8-9-23-24(19)4/h5-10H,11-12H2,1-4H3,(H,22,26). The second-order valence-corrected chi connectivity index (χ2v) is 6.75. The van der Waals surface area contributed by atoms with Crippen LogP contribution in [0.4, 0.5) is 0 Å². The predicted molar refractivity (Wildman–Crippen MR) is 102 cm³/mol. The predicted octanol–water partition coefficient (Wildman–Crippen LogP) is 3.36. The fourth-order valence-corrected chi connectivity index (χ4v) is 3.39. The van der Waals surface area contributed by atoms with Crippen molar-refractivity contribution in [2.24, 2.45) is 7.05 Å². The minimum atomic E-state index is -0.175. The van der Waals surface area contributed by atoms with Gasteiger partial charge in [-0.3, -0.25) is 14.3 Å². The highest BCUT2D eigenvalue weighted by atomic mass is 16.2. The third-order valence-corrected chi connectivity index (χ3v) is 4.82. The fourth-order valence-electron chi connectivity index (χ4n) is 3.39. The van der Waals surface area contributed by atoms with Crippen LogP contribution in [0.25, 0.3) is 11.3 Å². The van der Waals surface area contributed by atoms with Crippen molar-refractivity contribution >= 4 is 11.7 Å². The molecule has 0 bridgehead atoms. The minimum Gasteiger partial charge on any atom is -0.348 e. The summed E-state index contributed by atoms with van der Waals surface area (Å²) < 4.78 is 1.79. The smallest absolute Gasteiger partial charge is 0.251 e. The Kier molecular flexibility index (Phi) is 4.89. The van der Waals surface area contributed by atoms with E-state index in [1.807, 2.05) is 52.1 Å². The van der Waals surface area contributed by atoms with Gasteiger partial charge in [0.2, 0.25) is 0 Å². The van der Waals surface area contributed by atoms with Gasteiger partial charge in [-0.1, -0.05) is 23.8 Å². The number of nitrogens with zero attached hydrogens (tertiary/aromatic N) is 2. The summed E-state index contributed by atoms with van der Waals surface area (Å²) in [4.78, 5) is 24.9. The number of aromatic nitrogens is 2. The topological polar surface area (TPSA) is 64.0 Å². The SMILES string of the molecule is CC1=CC(C)=C(CNC(=O)c2cccc(-c3ccnn3C)c2C)C(=O)C1. The molecule has 0 radical (unpaired) electrons. The Hall–Kier alpha value is -2.95. The van der Waals surface area contributed by atoms with Gasteiger partial charge in [-0.2, -0.15) is 5.10 Å². The number of carbonyl (C=O) groups is 2. The van der Waals surface area contributed by atoms with Crippen LogP contribution in [0, 0.1) is 6.92 Å². The summed E-state index contributed by atoms with van der Waals surface area (Å²) in [7, 11) is 1.88. The zero-order chi connectivity index (χ0) is 18.8. The molecular weight excluding hydrogens is 326 g/mol. The quantitative estimate of drug-likeness (QED) is 0.920. The van der Waals surface area contributed by atoms with Crippen LogP contribution in [0.1, 0.15) is 36.2 Å². The largest absolute Gasteiger partial charge is 0.348 e. The monoisotopic (exact) mass is 349 g/mol. The van der Waals surface area contributed by atoms with Crippen LogP contribution in [-0.4, -0.2) is 28.0 Å². The molecule has 0 aliphatic heterocycles.